The van der Waals surface area contributed by atoms with E-state index in [4.69, 9.17) is 4.74 Å². The third kappa shape index (κ3) is 8.44. The molecule has 6 heteroatoms. The van der Waals surface area contributed by atoms with Crippen molar-refractivity contribution in [3.8, 4) is 0 Å². The first-order chi connectivity index (χ1) is 9.01. The third-order valence-electron chi connectivity index (χ3n) is 3.20. The topological polar surface area (TPSA) is 24.5 Å². The molecule has 0 aromatic carbocycles. The fourth-order valence-electron chi connectivity index (χ4n) is 2.34. The quantitative estimate of drug-likeness (QED) is 0.692. The molecule has 3 nitrogen and oxygen atoms in total. The first kappa shape index (κ1) is 16.7. The molecule has 19 heavy (non-hydrogen) atoms. The molecule has 114 valence electrons. The van der Waals surface area contributed by atoms with Crippen LogP contribution in [0, 0.1) is 0 Å². The summed E-state index contributed by atoms with van der Waals surface area (Å²) < 4.78 is 42.7. The van der Waals surface area contributed by atoms with E-state index in [0.717, 1.165) is 32.4 Å². The molecule has 1 fully saturated rings. The minimum absolute atomic E-state index is 0.281. The molecule has 0 unspecified atom stereocenters. The maximum Gasteiger partial charge on any atom is 0.401 e. The minimum atomic E-state index is -4.11. The number of nitrogens with one attached hydrogen (secondary N) is 1. The lowest BCUT2D eigenvalue weighted by Crippen LogP contribution is -2.36. The highest BCUT2D eigenvalue weighted by Crippen LogP contribution is 2.17. The summed E-state index contributed by atoms with van der Waals surface area (Å²) in [4.78, 5) is 1.46. The molecule has 1 saturated heterocycles. The molecular weight excluding hydrogens is 257 g/mol. The van der Waals surface area contributed by atoms with Crippen LogP contribution in [0.25, 0.3) is 0 Å². The zero-order valence-corrected chi connectivity index (χ0v) is 11.6. The van der Waals surface area contributed by atoms with Crippen molar-refractivity contribution in [2.24, 2.45) is 0 Å². The van der Waals surface area contributed by atoms with E-state index in [-0.39, 0.29) is 6.10 Å². The van der Waals surface area contributed by atoms with Crippen molar-refractivity contribution in [2.75, 3.05) is 39.3 Å². The zero-order valence-electron chi connectivity index (χ0n) is 11.6. The van der Waals surface area contributed by atoms with Crippen LogP contribution in [0.5, 0.6) is 0 Å². The Hall–Kier alpha value is -0.330. The highest BCUT2D eigenvalue weighted by atomic mass is 19.4. The van der Waals surface area contributed by atoms with E-state index >= 15 is 0 Å². The number of nitrogens with zero attached hydrogens (tertiary/aromatic N) is 1. The fraction of sp³-hybridized carbons (Fsp3) is 1.00. The molecule has 0 radical (unpaired) electrons. The van der Waals surface area contributed by atoms with Gasteiger partial charge in [-0.25, -0.2) is 0 Å². The van der Waals surface area contributed by atoms with Crippen LogP contribution in [0.1, 0.15) is 32.6 Å². The van der Waals surface area contributed by atoms with Gasteiger partial charge in [-0.1, -0.05) is 6.92 Å². The second-order valence-electron chi connectivity index (χ2n) is 5.07. The van der Waals surface area contributed by atoms with Gasteiger partial charge in [0.25, 0.3) is 0 Å². The Morgan fingerprint density at radius 1 is 1.21 bits per heavy atom. The summed E-state index contributed by atoms with van der Waals surface area (Å²) in [6.45, 7) is 4.54. The highest BCUT2D eigenvalue weighted by Gasteiger charge is 2.30. The first-order valence-electron chi connectivity index (χ1n) is 7.12. The lowest BCUT2D eigenvalue weighted by Gasteiger charge is -2.25. The predicted molar refractivity (Wildman–Crippen MR) is 69.2 cm³/mol. The first-order valence-corrected chi connectivity index (χ1v) is 7.12. The van der Waals surface area contributed by atoms with E-state index in [1.807, 2.05) is 6.92 Å². The summed E-state index contributed by atoms with van der Waals surface area (Å²) in [5, 5.41) is 3.25. The molecular formula is C13H25F3N2O. The molecule has 1 heterocycles. The van der Waals surface area contributed by atoms with Gasteiger partial charge < -0.3 is 10.1 Å². The number of halogens is 3. The molecule has 0 bridgehead atoms. The molecule has 1 aliphatic heterocycles. The largest absolute Gasteiger partial charge is 0.401 e. The van der Waals surface area contributed by atoms with Crippen molar-refractivity contribution in [1.29, 1.82) is 0 Å². The number of piperidine rings is 1. The van der Waals surface area contributed by atoms with Gasteiger partial charge in [-0.15, -0.1) is 0 Å². The Bertz CT molecular complexity index is 230. The Morgan fingerprint density at radius 3 is 2.47 bits per heavy atom. The van der Waals surface area contributed by atoms with Crippen molar-refractivity contribution in [2.45, 2.75) is 44.9 Å². The molecule has 0 atom stereocenters. The predicted octanol–water partition coefficient (Wildman–Crippen LogP) is 2.42. The van der Waals surface area contributed by atoms with Gasteiger partial charge in [-0.3, -0.25) is 4.90 Å². The van der Waals surface area contributed by atoms with E-state index in [1.165, 1.54) is 4.90 Å². The zero-order chi connectivity index (χ0) is 14.1. The molecule has 0 amide bonds. The number of rotatable bonds is 8. The fourth-order valence-corrected chi connectivity index (χ4v) is 2.34. The van der Waals surface area contributed by atoms with Crippen LogP contribution in [0.4, 0.5) is 13.2 Å². The Labute approximate surface area is 113 Å². The van der Waals surface area contributed by atoms with Crippen molar-refractivity contribution in [1.82, 2.24) is 10.2 Å². The lowest BCUT2D eigenvalue weighted by molar-refractivity contribution is -0.146. The Kier molecular flexibility index (Phi) is 7.71. The molecule has 0 aromatic heterocycles. The molecule has 0 spiro atoms. The van der Waals surface area contributed by atoms with Crippen LogP contribution in [0.3, 0.4) is 0 Å². The second-order valence-corrected chi connectivity index (χ2v) is 5.07. The van der Waals surface area contributed by atoms with Gasteiger partial charge in [0.1, 0.15) is 0 Å². The van der Waals surface area contributed by atoms with E-state index in [0.29, 0.717) is 26.1 Å². The van der Waals surface area contributed by atoms with E-state index in [9.17, 15) is 13.2 Å². The average Bonchev–Trinajstić information content (AvgIpc) is 2.34. The number of alkyl halides is 3. The van der Waals surface area contributed by atoms with Crippen molar-refractivity contribution in [3.05, 3.63) is 0 Å². The summed E-state index contributed by atoms with van der Waals surface area (Å²) in [6, 6.07) is 0. The molecule has 1 rings (SSSR count). The van der Waals surface area contributed by atoms with Crippen LogP contribution in [-0.4, -0.2) is 56.5 Å². The lowest BCUT2D eigenvalue weighted by atomic mass is 10.1. The van der Waals surface area contributed by atoms with Gasteiger partial charge in [-0.05, 0) is 45.3 Å². The summed E-state index contributed by atoms with van der Waals surface area (Å²) in [7, 11) is 0. The average molecular weight is 282 g/mol. The Morgan fingerprint density at radius 2 is 1.89 bits per heavy atom. The maximum absolute atomic E-state index is 12.3. The van der Waals surface area contributed by atoms with Crippen LogP contribution in [0.2, 0.25) is 0 Å². The van der Waals surface area contributed by atoms with E-state index in [1.54, 1.807) is 0 Å². The van der Waals surface area contributed by atoms with Crippen LogP contribution < -0.4 is 5.32 Å². The molecule has 1 N–H and O–H groups in total. The van der Waals surface area contributed by atoms with E-state index in [2.05, 4.69) is 5.32 Å². The van der Waals surface area contributed by atoms with Crippen molar-refractivity contribution >= 4 is 0 Å². The van der Waals surface area contributed by atoms with Gasteiger partial charge in [0.2, 0.25) is 0 Å². The summed E-state index contributed by atoms with van der Waals surface area (Å²) in [5.41, 5.74) is 0. The second kappa shape index (κ2) is 8.76. The van der Waals surface area contributed by atoms with Gasteiger partial charge in [0.05, 0.1) is 12.6 Å². The molecule has 1 aliphatic rings. The third-order valence-corrected chi connectivity index (χ3v) is 3.20. The standard InChI is InChI=1S/C13H25F3N2O/c1-2-8-18(11-13(14,15)16)9-3-10-19-12-4-6-17-7-5-12/h12,17H,2-11H2,1H3. The van der Waals surface area contributed by atoms with E-state index < -0.39 is 12.7 Å². The maximum atomic E-state index is 12.3. The van der Waals surface area contributed by atoms with Gasteiger partial charge in [0, 0.05) is 13.2 Å². The normalized spacial score (nSPS) is 18.2. The monoisotopic (exact) mass is 282 g/mol. The van der Waals surface area contributed by atoms with Crippen molar-refractivity contribution in [3.63, 3.8) is 0 Å². The summed E-state index contributed by atoms with van der Waals surface area (Å²) in [6.07, 6.45) is -0.415. The van der Waals surface area contributed by atoms with Crippen LogP contribution in [-0.2, 0) is 4.74 Å². The SMILES string of the molecule is CCCN(CCCOC1CCNCC1)CC(F)(F)F. The molecule has 0 saturated carbocycles. The van der Waals surface area contributed by atoms with Gasteiger partial charge in [0.15, 0.2) is 0 Å². The smallest absolute Gasteiger partial charge is 0.378 e. The number of hydrogen-bond donors (Lipinski definition) is 1. The van der Waals surface area contributed by atoms with Gasteiger partial charge in [-0.2, -0.15) is 13.2 Å². The minimum Gasteiger partial charge on any atom is -0.378 e. The summed E-state index contributed by atoms with van der Waals surface area (Å²) in [5.74, 6) is 0. The van der Waals surface area contributed by atoms with Crippen molar-refractivity contribution < 1.29 is 17.9 Å². The number of ether oxygens (including phenoxy) is 1. The molecule has 0 aliphatic carbocycles. The van der Waals surface area contributed by atoms with Crippen LogP contribution >= 0.6 is 0 Å². The Balaban J connectivity index is 2.13. The van der Waals surface area contributed by atoms with Crippen LogP contribution in [0.15, 0.2) is 0 Å². The molecule has 0 aromatic rings. The summed E-state index contributed by atoms with van der Waals surface area (Å²) >= 11 is 0. The highest BCUT2D eigenvalue weighted by molar-refractivity contribution is 4.68. The van der Waals surface area contributed by atoms with Gasteiger partial charge >= 0.3 is 6.18 Å². The number of hydrogen-bond acceptors (Lipinski definition) is 3.